The molecule has 0 saturated carbocycles. The monoisotopic (exact) mass is 346 g/mol. The molecule has 0 unspecified atom stereocenters. The van der Waals surface area contributed by atoms with Crippen molar-refractivity contribution in [1.82, 2.24) is 14.9 Å². The highest BCUT2D eigenvalue weighted by atomic mass is 16.3. The van der Waals surface area contributed by atoms with Gasteiger partial charge in [-0.3, -0.25) is 14.9 Å². The summed E-state index contributed by atoms with van der Waals surface area (Å²) in [6, 6.07) is 13.7. The largest absolute Gasteiger partial charge is 0.508 e. The fourth-order valence-electron chi connectivity index (χ4n) is 3.33. The van der Waals surface area contributed by atoms with Gasteiger partial charge in [0.2, 0.25) is 0 Å². The molecule has 0 atom stereocenters. The first-order valence-corrected chi connectivity index (χ1v) is 8.84. The van der Waals surface area contributed by atoms with Crippen LogP contribution in [0, 0.1) is 6.92 Å². The molecule has 0 aliphatic carbocycles. The molecule has 0 amide bonds. The van der Waals surface area contributed by atoms with Crippen molar-refractivity contribution in [3.63, 3.8) is 0 Å². The van der Waals surface area contributed by atoms with Crippen LogP contribution in [0.4, 0.5) is 5.69 Å². The van der Waals surface area contributed by atoms with Gasteiger partial charge < -0.3 is 10.4 Å². The molecule has 132 valence electrons. The Hall–Kier alpha value is -2.92. The van der Waals surface area contributed by atoms with Crippen molar-refractivity contribution in [3.05, 3.63) is 71.7 Å². The number of aromatic nitrogens is 2. The van der Waals surface area contributed by atoms with Crippen LogP contribution in [0.5, 0.6) is 5.75 Å². The molecule has 2 N–H and O–H groups in total. The smallest absolute Gasteiger partial charge is 0.120 e. The number of nitrogens with one attached hydrogen (secondary N) is 1. The van der Waals surface area contributed by atoms with Crippen LogP contribution in [-0.2, 0) is 13.1 Å². The number of benzene rings is 1. The normalized spacial score (nSPS) is 14.3. The molecule has 4 rings (SSSR count). The van der Waals surface area contributed by atoms with E-state index in [2.05, 4.69) is 32.3 Å². The van der Waals surface area contributed by atoms with Gasteiger partial charge in [0, 0.05) is 66.6 Å². The molecule has 1 aliphatic heterocycles. The second kappa shape index (κ2) is 7.14. The lowest BCUT2D eigenvalue weighted by Gasteiger charge is -2.20. The van der Waals surface area contributed by atoms with Crippen LogP contribution in [-0.4, -0.2) is 33.1 Å². The summed E-state index contributed by atoms with van der Waals surface area (Å²) in [4.78, 5) is 11.2. The lowest BCUT2D eigenvalue weighted by atomic mass is 10.1. The minimum Gasteiger partial charge on any atom is -0.508 e. The third-order valence-electron chi connectivity index (χ3n) is 4.70. The Kier molecular flexibility index (Phi) is 4.54. The maximum Gasteiger partial charge on any atom is 0.120 e. The number of para-hydroxylation sites is 1. The van der Waals surface area contributed by atoms with Crippen LogP contribution in [0.3, 0.4) is 0 Å². The van der Waals surface area contributed by atoms with Gasteiger partial charge in [-0.2, -0.15) is 0 Å². The molecule has 3 aromatic rings. The molecule has 5 nitrogen and oxygen atoms in total. The van der Waals surface area contributed by atoms with Gasteiger partial charge in [0.05, 0.1) is 5.69 Å². The molecule has 0 saturated heterocycles. The highest BCUT2D eigenvalue weighted by Crippen LogP contribution is 2.27. The number of hydrogen-bond acceptors (Lipinski definition) is 5. The molecular weight excluding hydrogens is 324 g/mol. The van der Waals surface area contributed by atoms with Gasteiger partial charge in [0.15, 0.2) is 0 Å². The molecular formula is C21H22N4O. The number of pyridine rings is 2. The number of phenolic OH excluding ortho intramolecular Hbond substituents is 1. The third kappa shape index (κ3) is 3.53. The molecule has 5 heteroatoms. The fraction of sp³-hybridized carbons (Fsp3) is 0.238. The fourth-order valence-corrected chi connectivity index (χ4v) is 3.33. The number of aryl methyl sites for hydroxylation is 1. The molecule has 0 radical (unpaired) electrons. The van der Waals surface area contributed by atoms with E-state index in [4.69, 9.17) is 0 Å². The van der Waals surface area contributed by atoms with Crippen molar-refractivity contribution in [2.75, 3.05) is 18.4 Å². The zero-order valence-corrected chi connectivity index (χ0v) is 14.8. The van der Waals surface area contributed by atoms with Crippen LogP contribution >= 0.6 is 0 Å². The predicted molar refractivity (Wildman–Crippen MR) is 103 cm³/mol. The van der Waals surface area contributed by atoms with Gasteiger partial charge in [-0.05, 0) is 31.2 Å². The van der Waals surface area contributed by atoms with Crippen molar-refractivity contribution >= 4 is 5.69 Å². The topological polar surface area (TPSA) is 61.3 Å². The van der Waals surface area contributed by atoms with E-state index < -0.39 is 0 Å². The SMILES string of the molecule is Cc1cc(-c2cc3c(cn2)CN(Cc2ccccc2O)CCN3)ccn1. The number of phenols is 1. The van der Waals surface area contributed by atoms with Crippen LogP contribution < -0.4 is 5.32 Å². The molecule has 0 fully saturated rings. The minimum absolute atomic E-state index is 0.353. The zero-order valence-electron chi connectivity index (χ0n) is 14.8. The van der Waals surface area contributed by atoms with Crippen molar-refractivity contribution < 1.29 is 5.11 Å². The lowest BCUT2D eigenvalue weighted by molar-refractivity contribution is 0.267. The number of nitrogens with zero attached hydrogens (tertiary/aromatic N) is 3. The zero-order chi connectivity index (χ0) is 17.9. The third-order valence-corrected chi connectivity index (χ3v) is 4.70. The molecule has 3 heterocycles. The van der Waals surface area contributed by atoms with Crippen molar-refractivity contribution in [2.45, 2.75) is 20.0 Å². The summed E-state index contributed by atoms with van der Waals surface area (Å²) in [6.45, 7) is 5.28. The number of anilines is 1. The molecule has 0 spiro atoms. The van der Waals surface area contributed by atoms with Crippen molar-refractivity contribution in [2.24, 2.45) is 0 Å². The Morgan fingerprint density at radius 3 is 2.88 bits per heavy atom. The quantitative estimate of drug-likeness (QED) is 0.759. The summed E-state index contributed by atoms with van der Waals surface area (Å²) < 4.78 is 0. The number of hydrogen-bond donors (Lipinski definition) is 2. The number of fused-ring (bicyclic) bond motifs is 1. The summed E-state index contributed by atoms with van der Waals surface area (Å²) in [7, 11) is 0. The Balaban J connectivity index is 1.57. The Morgan fingerprint density at radius 1 is 1.15 bits per heavy atom. The maximum absolute atomic E-state index is 10.0. The average molecular weight is 346 g/mol. The van der Waals surface area contributed by atoms with E-state index in [9.17, 15) is 5.11 Å². The number of rotatable bonds is 3. The summed E-state index contributed by atoms with van der Waals surface area (Å²) in [6.07, 6.45) is 3.77. The highest BCUT2D eigenvalue weighted by molar-refractivity contribution is 5.66. The van der Waals surface area contributed by atoms with Gasteiger partial charge >= 0.3 is 0 Å². The molecule has 1 aromatic carbocycles. The van der Waals surface area contributed by atoms with E-state index in [0.717, 1.165) is 54.4 Å². The first kappa shape index (κ1) is 16.5. The summed E-state index contributed by atoms with van der Waals surface area (Å²) in [5.74, 6) is 0.353. The Morgan fingerprint density at radius 2 is 2.04 bits per heavy atom. The van der Waals surface area contributed by atoms with Crippen LogP contribution in [0.1, 0.15) is 16.8 Å². The van der Waals surface area contributed by atoms with Gasteiger partial charge in [0.1, 0.15) is 5.75 Å². The van der Waals surface area contributed by atoms with E-state index >= 15 is 0 Å². The molecule has 0 bridgehead atoms. The summed E-state index contributed by atoms with van der Waals surface area (Å²) in [5.41, 5.74) is 6.28. The highest BCUT2D eigenvalue weighted by Gasteiger charge is 2.16. The lowest BCUT2D eigenvalue weighted by Crippen LogP contribution is -2.25. The molecule has 2 aromatic heterocycles. The van der Waals surface area contributed by atoms with Crippen molar-refractivity contribution in [1.29, 1.82) is 0 Å². The van der Waals surface area contributed by atoms with E-state index in [-0.39, 0.29) is 0 Å². The van der Waals surface area contributed by atoms with Crippen LogP contribution in [0.2, 0.25) is 0 Å². The van der Waals surface area contributed by atoms with E-state index in [1.807, 2.05) is 43.6 Å². The van der Waals surface area contributed by atoms with Gasteiger partial charge in [-0.15, -0.1) is 0 Å². The van der Waals surface area contributed by atoms with E-state index in [1.54, 1.807) is 6.07 Å². The van der Waals surface area contributed by atoms with Gasteiger partial charge in [0.25, 0.3) is 0 Å². The summed E-state index contributed by atoms with van der Waals surface area (Å²) in [5, 5.41) is 13.6. The first-order valence-electron chi connectivity index (χ1n) is 8.84. The predicted octanol–water partition coefficient (Wildman–Crippen LogP) is 3.59. The van der Waals surface area contributed by atoms with E-state index in [1.165, 1.54) is 5.56 Å². The van der Waals surface area contributed by atoms with Crippen LogP contribution in [0.15, 0.2) is 54.9 Å². The Bertz CT molecular complexity index is 925. The average Bonchev–Trinajstić information content (AvgIpc) is 2.84. The van der Waals surface area contributed by atoms with E-state index in [0.29, 0.717) is 5.75 Å². The minimum atomic E-state index is 0.353. The van der Waals surface area contributed by atoms with Gasteiger partial charge in [-0.1, -0.05) is 18.2 Å². The van der Waals surface area contributed by atoms with Gasteiger partial charge in [-0.25, -0.2) is 0 Å². The molecule has 26 heavy (non-hydrogen) atoms. The first-order chi connectivity index (χ1) is 12.7. The second-order valence-corrected chi connectivity index (χ2v) is 6.68. The Labute approximate surface area is 153 Å². The maximum atomic E-state index is 10.0. The summed E-state index contributed by atoms with van der Waals surface area (Å²) >= 11 is 0. The standard InChI is InChI=1S/C21H22N4O/c1-15-10-16(6-7-22-15)19-11-20-18(12-24-19)14-25(9-8-23-20)13-17-4-2-3-5-21(17)26/h2-7,10-12,23,26H,8-9,13-14H2,1H3. The van der Waals surface area contributed by atoms with Crippen molar-refractivity contribution in [3.8, 4) is 17.0 Å². The number of aromatic hydroxyl groups is 1. The van der Waals surface area contributed by atoms with Crippen LogP contribution in [0.25, 0.3) is 11.3 Å². The molecule has 1 aliphatic rings. The second-order valence-electron chi connectivity index (χ2n) is 6.68.